The van der Waals surface area contributed by atoms with Crippen LogP contribution in [0, 0.1) is 0 Å². The Morgan fingerprint density at radius 1 is 1.43 bits per heavy atom. The minimum absolute atomic E-state index is 0.172. The summed E-state index contributed by atoms with van der Waals surface area (Å²) in [5.74, 6) is 1.71. The molecule has 0 aliphatic rings. The summed E-state index contributed by atoms with van der Waals surface area (Å²) in [5.41, 5.74) is 1.44. The Labute approximate surface area is 87.1 Å². The van der Waals surface area contributed by atoms with Crippen molar-refractivity contribution in [1.82, 2.24) is 9.97 Å². The van der Waals surface area contributed by atoms with Crippen LogP contribution in [-0.4, -0.2) is 9.97 Å². The maximum Gasteiger partial charge on any atom is 0.111 e. The molecule has 1 rings (SSSR count). The average molecular weight is 194 g/mol. The monoisotopic (exact) mass is 194 g/mol. The molecule has 1 atom stereocenters. The molecule has 0 spiro atoms. The second-order valence-corrected chi connectivity index (χ2v) is 4.73. The quantitative estimate of drug-likeness (QED) is 0.779. The lowest BCUT2D eigenvalue weighted by molar-refractivity contribution is 0.476. The first-order chi connectivity index (χ1) is 6.51. The summed E-state index contributed by atoms with van der Waals surface area (Å²) < 4.78 is 0. The predicted octanol–water partition coefficient (Wildman–Crippen LogP) is 3.61. The molecule has 1 unspecified atom stereocenters. The van der Waals surface area contributed by atoms with Gasteiger partial charge in [-0.05, 0) is 18.8 Å². The zero-order valence-corrected chi connectivity index (χ0v) is 10.0. The fraction of sp³-hybridized carbons (Fsp3) is 0.750. The van der Waals surface area contributed by atoms with Gasteiger partial charge >= 0.3 is 0 Å². The first-order valence-corrected chi connectivity index (χ1v) is 5.56. The van der Waals surface area contributed by atoms with Crippen LogP contribution in [0.2, 0.25) is 0 Å². The molecule has 1 heterocycles. The SMILES string of the molecule is CCC(C)c1cnc(C(C)(C)CC)[nH]1. The highest BCUT2D eigenvalue weighted by Crippen LogP contribution is 2.26. The van der Waals surface area contributed by atoms with E-state index >= 15 is 0 Å². The Morgan fingerprint density at radius 3 is 2.57 bits per heavy atom. The van der Waals surface area contributed by atoms with Gasteiger partial charge in [-0.2, -0.15) is 0 Å². The zero-order chi connectivity index (χ0) is 10.8. The highest BCUT2D eigenvalue weighted by Gasteiger charge is 2.22. The number of nitrogens with one attached hydrogen (secondary N) is 1. The van der Waals surface area contributed by atoms with E-state index in [0.717, 1.165) is 18.7 Å². The van der Waals surface area contributed by atoms with E-state index in [4.69, 9.17) is 0 Å². The number of hydrogen-bond donors (Lipinski definition) is 1. The van der Waals surface area contributed by atoms with Crippen molar-refractivity contribution in [2.75, 3.05) is 0 Å². The highest BCUT2D eigenvalue weighted by atomic mass is 14.9. The number of H-pyrrole nitrogens is 1. The van der Waals surface area contributed by atoms with Crippen molar-refractivity contribution >= 4 is 0 Å². The summed E-state index contributed by atoms with van der Waals surface area (Å²) in [7, 11) is 0. The number of hydrogen-bond acceptors (Lipinski definition) is 1. The molecule has 2 heteroatoms. The van der Waals surface area contributed by atoms with Gasteiger partial charge in [-0.25, -0.2) is 4.98 Å². The van der Waals surface area contributed by atoms with E-state index in [1.165, 1.54) is 5.69 Å². The molecule has 0 bridgehead atoms. The van der Waals surface area contributed by atoms with Crippen LogP contribution in [0.1, 0.15) is 64.9 Å². The van der Waals surface area contributed by atoms with Crippen LogP contribution in [0.25, 0.3) is 0 Å². The van der Waals surface area contributed by atoms with Gasteiger partial charge in [0.2, 0.25) is 0 Å². The second kappa shape index (κ2) is 4.16. The van der Waals surface area contributed by atoms with E-state index in [2.05, 4.69) is 44.6 Å². The minimum atomic E-state index is 0.172. The molecule has 0 aliphatic carbocycles. The molecule has 0 aromatic carbocycles. The van der Waals surface area contributed by atoms with Crippen molar-refractivity contribution in [1.29, 1.82) is 0 Å². The van der Waals surface area contributed by atoms with Crippen LogP contribution >= 0.6 is 0 Å². The van der Waals surface area contributed by atoms with Crippen LogP contribution in [0.5, 0.6) is 0 Å². The number of nitrogens with zero attached hydrogens (tertiary/aromatic N) is 1. The lowest BCUT2D eigenvalue weighted by Gasteiger charge is -2.19. The maximum absolute atomic E-state index is 4.47. The molecular weight excluding hydrogens is 172 g/mol. The highest BCUT2D eigenvalue weighted by molar-refractivity contribution is 5.12. The smallest absolute Gasteiger partial charge is 0.111 e. The zero-order valence-electron chi connectivity index (χ0n) is 10.0. The largest absolute Gasteiger partial charge is 0.345 e. The lowest BCUT2D eigenvalue weighted by Crippen LogP contribution is -2.17. The van der Waals surface area contributed by atoms with Crippen molar-refractivity contribution < 1.29 is 0 Å². The van der Waals surface area contributed by atoms with Crippen molar-refractivity contribution in [2.45, 2.75) is 58.8 Å². The van der Waals surface area contributed by atoms with Gasteiger partial charge < -0.3 is 4.98 Å². The van der Waals surface area contributed by atoms with Crippen LogP contribution < -0.4 is 0 Å². The molecule has 1 N–H and O–H groups in total. The molecule has 14 heavy (non-hydrogen) atoms. The molecule has 0 amide bonds. The Kier molecular flexibility index (Phi) is 3.35. The summed E-state index contributed by atoms with van der Waals surface area (Å²) in [6.45, 7) is 11.1. The first kappa shape index (κ1) is 11.3. The third-order valence-electron chi connectivity index (χ3n) is 3.26. The van der Waals surface area contributed by atoms with Crippen molar-refractivity contribution in [3.63, 3.8) is 0 Å². The summed E-state index contributed by atoms with van der Waals surface area (Å²) in [4.78, 5) is 7.92. The maximum atomic E-state index is 4.47. The molecule has 0 aliphatic heterocycles. The number of aromatic nitrogens is 2. The van der Waals surface area contributed by atoms with Crippen molar-refractivity contribution in [3.05, 3.63) is 17.7 Å². The van der Waals surface area contributed by atoms with Gasteiger partial charge in [-0.3, -0.25) is 0 Å². The van der Waals surface area contributed by atoms with Crippen LogP contribution in [0.3, 0.4) is 0 Å². The first-order valence-electron chi connectivity index (χ1n) is 5.56. The average Bonchev–Trinajstić information content (AvgIpc) is 2.66. The van der Waals surface area contributed by atoms with E-state index in [1.54, 1.807) is 0 Å². The van der Waals surface area contributed by atoms with Gasteiger partial charge in [0.05, 0.1) is 0 Å². The Morgan fingerprint density at radius 2 is 2.07 bits per heavy atom. The number of rotatable bonds is 4. The summed E-state index contributed by atoms with van der Waals surface area (Å²) in [6.07, 6.45) is 4.26. The minimum Gasteiger partial charge on any atom is -0.345 e. The Balaban J connectivity index is 2.88. The molecule has 0 fully saturated rings. The third kappa shape index (κ3) is 2.17. The van der Waals surface area contributed by atoms with Gasteiger partial charge in [0.25, 0.3) is 0 Å². The normalized spacial score (nSPS) is 14.4. The molecular formula is C12H22N2. The van der Waals surface area contributed by atoms with Crippen LogP contribution in [0.4, 0.5) is 0 Å². The summed E-state index contributed by atoms with van der Waals surface area (Å²) in [5, 5.41) is 0. The van der Waals surface area contributed by atoms with Gasteiger partial charge in [-0.1, -0.05) is 34.6 Å². The van der Waals surface area contributed by atoms with Crippen molar-refractivity contribution in [3.8, 4) is 0 Å². The molecule has 1 aromatic heterocycles. The molecule has 0 radical (unpaired) electrons. The fourth-order valence-corrected chi connectivity index (χ4v) is 1.32. The van der Waals surface area contributed by atoms with E-state index < -0.39 is 0 Å². The summed E-state index contributed by atoms with van der Waals surface area (Å²) in [6, 6.07) is 0. The standard InChI is InChI=1S/C12H22N2/c1-6-9(3)10-8-13-11(14-10)12(4,5)7-2/h8-9H,6-7H2,1-5H3,(H,13,14). The molecule has 0 saturated heterocycles. The third-order valence-corrected chi connectivity index (χ3v) is 3.26. The van der Waals surface area contributed by atoms with Crippen LogP contribution in [0.15, 0.2) is 6.20 Å². The molecule has 80 valence electrons. The Bertz CT molecular complexity index is 286. The lowest BCUT2D eigenvalue weighted by atomic mass is 9.89. The molecule has 2 nitrogen and oxygen atoms in total. The Hall–Kier alpha value is -0.790. The number of imidazole rings is 1. The summed E-state index contributed by atoms with van der Waals surface area (Å²) >= 11 is 0. The van der Waals surface area contributed by atoms with E-state index in [0.29, 0.717) is 5.92 Å². The van der Waals surface area contributed by atoms with Crippen LogP contribution in [-0.2, 0) is 5.41 Å². The predicted molar refractivity (Wildman–Crippen MR) is 60.6 cm³/mol. The molecule has 0 saturated carbocycles. The number of aromatic amines is 1. The van der Waals surface area contributed by atoms with E-state index in [1.807, 2.05) is 6.20 Å². The van der Waals surface area contributed by atoms with Gasteiger partial charge in [0.15, 0.2) is 0 Å². The van der Waals surface area contributed by atoms with Gasteiger partial charge in [0.1, 0.15) is 5.82 Å². The molecule has 1 aromatic rings. The van der Waals surface area contributed by atoms with E-state index in [9.17, 15) is 0 Å². The van der Waals surface area contributed by atoms with E-state index in [-0.39, 0.29) is 5.41 Å². The topological polar surface area (TPSA) is 28.7 Å². The second-order valence-electron chi connectivity index (χ2n) is 4.73. The fourth-order valence-electron chi connectivity index (χ4n) is 1.32. The van der Waals surface area contributed by atoms with Gasteiger partial charge in [0, 0.05) is 17.3 Å². The van der Waals surface area contributed by atoms with Crippen molar-refractivity contribution in [2.24, 2.45) is 0 Å². The van der Waals surface area contributed by atoms with Gasteiger partial charge in [-0.15, -0.1) is 0 Å².